The minimum absolute atomic E-state index is 0.249. The molecule has 0 aliphatic rings. The third-order valence-corrected chi connectivity index (χ3v) is 1.70. The Hall–Kier alpha value is -0.770. The average Bonchev–Trinajstić information content (AvgIpc) is 2.01. The second-order valence-corrected chi connectivity index (χ2v) is 4.46. The largest absolute Gasteiger partial charge is 0.444 e. The lowest BCUT2D eigenvalue weighted by molar-refractivity contribution is -0.368. The van der Waals surface area contributed by atoms with Gasteiger partial charge in [0.15, 0.2) is 0 Å². The number of amides is 1. The molecule has 0 saturated carbocycles. The highest BCUT2D eigenvalue weighted by Crippen LogP contribution is 2.09. The van der Waals surface area contributed by atoms with Crippen LogP contribution in [0.4, 0.5) is 4.79 Å². The fourth-order valence-electron chi connectivity index (χ4n) is 0.957. The van der Waals surface area contributed by atoms with E-state index in [-0.39, 0.29) is 6.09 Å². The van der Waals surface area contributed by atoms with Crippen LogP contribution in [0.25, 0.3) is 0 Å². The molecule has 0 atom stereocenters. The molecule has 0 saturated heterocycles. The van der Waals surface area contributed by atoms with Gasteiger partial charge in [0.05, 0.1) is 6.54 Å². The van der Waals surface area contributed by atoms with Crippen LogP contribution >= 0.6 is 0 Å². The average molecular weight is 203 g/mol. The predicted octanol–water partition coefficient (Wildman–Crippen LogP) is 0.875. The van der Waals surface area contributed by atoms with Gasteiger partial charge in [0.2, 0.25) is 0 Å². The molecule has 0 aromatic heterocycles. The molecule has 4 nitrogen and oxygen atoms in total. The Morgan fingerprint density at radius 2 is 1.93 bits per heavy atom. The van der Waals surface area contributed by atoms with Crippen LogP contribution in [0, 0.1) is 0 Å². The predicted molar refractivity (Wildman–Crippen MR) is 55.9 cm³/mol. The summed E-state index contributed by atoms with van der Waals surface area (Å²) >= 11 is 0. The first-order chi connectivity index (χ1) is 6.37. The van der Waals surface area contributed by atoms with Gasteiger partial charge in [0, 0.05) is 13.6 Å². The maximum absolute atomic E-state index is 11.4. The lowest BCUT2D eigenvalue weighted by atomic mass is 10.2. The van der Waals surface area contributed by atoms with E-state index in [4.69, 9.17) is 4.74 Å². The summed E-state index contributed by atoms with van der Waals surface area (Å²) < 4.78 is 5.20. The van der Waals surface area contributed by atoms with Crippen molar-refractivity contribution in [2.45, 2.75) is 39.2 Å². The van der Waals surface area contributed by atoms with Crippen molar-refractivity contribution in [3.05, 3.63) is 0 Å². The molecule has 84 valence electrons. The summed E-state index contributed by atoms with van der Waals surface area (Å²) in [7, 11) is 1.76. The first kappa shape index (κ1) is 13.2. The van der Waals surface area contributed by atoms with Gasteiger partial charge in [-0.3, -0.25) is 0 Å². The lowest BCUT2D eigenvalue weighted by Gasteiger charge is -2.24. The Kier molecular flexibility index (Phi) is 5.53. The number of rotatable bonds is 4. The van der Waals surface area contributed by atoms with Crippen molar-refractivity contribution in [3.8, 4) is 0 Å². The van der Waals surface area contributed by atoms with Crippen molar-refractivity contribution in [2.24, 2.45) is 0 Å². The molecule has 0 aromatic rings. The van der Waals surface area contributed by atoms with Crippen LogP contribution in [0.15, 0.2) is 0 Å². The highest BCUT2D eigenvalue weighted by molar-refractivity contribution is 5.67. The van der Waals surface area contributed by atoms with Gasteiger partial charge in [0.1, 0.15) is 5.60 Å². The van der Waals surface area contributed by atoms with Gasteiger partial charge in [-0.05, 0) is 33.6 Å². The van der Waals surface area contributed by atoms with Crippen molar-refractivity contribution in [2.75, 3.05) is 20.1 Å². The van der Waals surface area contributed by atoms with Crippen LogP contribution in [0.5, 0.6) is 0 Å². The second kappa shape index (κ2) is 5.86. The van der Waals surface area contributed by atoms with Gasteiger partial charge in [0.25, 0.3) is 0 Å². The molecule has 3 N–H and O–H groups in total. The molecule has 0 radical (unpaired) electrons. The van der Waals surface area contributed by atoms with E-state index in [1.807, 2.05) is 20.8 Å². The molecule has 0 heterocycles. The molecule has 4 heteroatoms. The van der Waals surface area contributed by atoms with Crippen LogP contribution in [0.3, 0.4) is 0 Å². The number of carbonyl (C=O) groups is 1. The molecule has 0 aliphatic heterocycles. The van der Waals surface area contributed by atoms with Crippen LogP contribution in [-0.4, -0.2) is 36.7 Å². The maximum Gasteiger partial charge on any atom is 0.410 e. The highest BCUT2D eigenvalue weighted by Gasteiger charge is 2.18. The van der Waals surface area contributed by atoms with Crippen molar-refractivity contribution in [1.82, 2.24) is 4.90 Å². The van der Waals surface area contributed by atoms with E-state index in [0.29, 0.717) is 0 Å². The SMILES string of the molecule is CN(CCCC[NH3+])C(=O)OC(C)(C)C. The minimum atomic E-state index is -0.405. The number of carbonyl (C=O) groups excluding carboxylic acids is 1. The minimum Gasteiger partial charge on any atom is -0.444 e. The Morgan fingerprint density at radius 3 is 2.36 bits per heavy atom. The Labute approximate surface area is 86.4 Å². The summed E-state index contributed by atoms with van der Waals surface area (Å²) in [6.07, 6.45) is 1.79. The third kappa shape index (κ3) is 6.71. The Balaban J connectivity index is 3.77. The molecule has 0 aromatic carbocycles. The molecule has 14 heavy (non-hydrogen) atoms. The summed E-state index contributed by atoms with van der Waals surface area (Å²) in [4.78, 5) is 13.1. The highest BCUT2D eigenvalue weighted by atomic mass is 16.6. The lowest BCUT2D eigenvalue weighted by Crippen LogP contribution is -2.50. The maximum atomic E-state index is 11.4. The van der Waals surface area contributed by atoms with Crippen molar-refractivity contribution in [3.63, 3.8) is 0 Å². The number of hydrogen-bond acceptors (Lipinski definition) is 2. The smallest absolute Gasteiger partial charge is 0.410 e. The number of quaternary nitrogens is 1. The van der Waals surface area contributed by atoms with Gasteiger partial charge in [-0.25, -0.2) is 4.79 Å². The van der Waals surface area contributed by atoms with Gasteiger partial charge < -0.3 is 15.4 Å². The van der Waals surface area contributed by atoms with Crippen LogP contribution < -0.4 is 5.73 Å². The first-order valence-corrected chi connectivity index (χ1v) is 5.10. The van der Waals surface area contributed by atoms with Crippen LogP contribution in [-0.2, 0) is 4.74 Å². The van der Waals surface area contributed by atoms with Crippen molar-refractivity contribution >= 4 is 6.09 Å². The van der Waals surface area contributed by atoms with E-state index in [2.05, 4.69) is 5.73 Å². The van der Waals surface area contributed by atoms with Crippen molar-refractivity contribution in [1.29, 1.82) is 0 Å². The normalized spacial score (nSPS) is 11.2. The van der Waals surface area contributed by atoms with Gasteiger partial charge in [-0.15, -0.1) is 0 Å². The molecular weight excluding hydrogens is 180 g/mol. The van der Waals surface area contributed by atoms with Crippen LogP contribution in [0.2, 0.25) is 0 Å². The monoisotopic (exact) mass is 203 g/mol. The van der Waals surface area contributed by atoms with E-state index in [1.54, 1.807) is 11.9 Å². The number of ether oxygens (including phenoxy) is 1. The number of nitrogens with zero attached hydrogens (tertiary/aromatic N) is 1. The molecule has 1 amide bonds. The zero-order valence-electron chi connectivity index (χ0n) is 9.80. The second-order valence-electron chi connectivity index (χ2n) is 4.46. The van der Waals surface area contributed by atoms with Gasteiger partial charge in [-0.2, -0.15) is 0 Å². The zero-order valence-corrected chi connectivity index (χ0v) is 9.80. The summed E-state index contributed by atoms with van der Waals surface area (Å²) in [6, 6.07) is 0. The van der Waals surface area contributed by atoms with Gasteiger partial charge in [-0.1, -0.05) is 0 Å². The summed E-state index contributed by atoms with van der Waals surface area (Å²) in [5, 5.41) is 0. The molecule has 0 rings (SSSR count). The Bertz CT molecular complexity index is 175. The standard InChI is InChI=1S/C10H22N2O2/c1-10(2,3)14-9(13)12(4)8-6-5-7-11/h5-8,11H2,1-4H3/p+1. The molecular formula is C10H23N2O2+. The van der Waals surface area contributed by atoms with Crippen molar-refractivity contribution < 1.29 is 15.3 Å². The first-order valence-electron chi connectivity index (χ1n) is 5.10. The van der Waals surface area contributed by atoms with E-state index in [1.165, 1.54) is 0 Å². The number of hydrogen-bond donors (Lipinski definition) is 1. The third-order valence-electron chi connectivity index (χ3n) is 1.70. The van der Waals surface area contributed by atoms with Gasteiger partial charge >= 0.3 is 6.09 Å². The fourth-order valence-corrected chi connectivity index (χ4v) is 0.957. The van der Waals surface area contributed by atoms with Crippen LogP contribution in [0.1, 0.15) is 33.6 Å². The zero-order chi connectivity index (χ0) is 11.2. The fraction of sp³-hybridized carbons (Fsp3) is 0.900. The summed E-state index contributed by atoms with van der Waals surface area (Å²) in [5.41, 5.74) is 3.35. The van der Waals surface area contributed by atoms with E-state index < -0.39 is 5.60 Å². The molecule has 0 fully saturated rings. The molecule has 0 bridgehead atoms. The summed E-state index contributed by atoms with van der Waals surface area (Å²) in [5.74, 6) is 0. The quantitative estimate of drug-likeness (QED) is 0.689. The Morgan fingerprint density at radius 1 is 1.36 bits per heavy atom. The van der Waals surface area contributed by atoms with E-state index in [0.717, 1.165) is 25.9 Å². The molecule has 0 unspecified atom stereocenters. The summed E-state index contributed by atoms with van der Waals surface area (Å²) in [6.45, 7) is 7.27. The topological polar surface area (TPSA) is 57.2 Å². The molecule has 0 spiro atoms. The molecule has 0 aliphatic carbocycles. The number of unbranched alkanes of at least 4 members (excludes halogenated alkanes) is 1. The van der Waals surface area contributed by atoms with E-state index in [9.17, 15) is 4.79 Å². The van der Waals surface area contributed by atoms with E-state index >= 15 is 0 Å².